The summed E-state index contributed by atoms with van der Waals surface area (Å²) in [5.41, 5.74) is -0.653. The van der Waals surface area contributed by atoms with Crippen LogP contribution in [0.1, 0.15) is 45.4 Å². The maximum absolute atomic E-state index is 13.4. The molecule has 4 bridgehead atoms. The van der Waals surface area contributed by atoms with Crippen LogP contribution in [-0.4, -0.2) is 34.4 Å². The minimum Gasteiger partial charge on any atom is -0.389 e. The van der Waals surface area contributed by atoms with E-state index in [1.165, 1.54) is 0 Å². The summed E-state index contributed by atoms with van der Waals surface area (Å²) in [5, 5.41) is 18.8. The quantitative estimate of drug-likeness (QED) is 0.394. The van der Waals surface area contributed by atoms with E-state index in [-0.39, 0.29) is 35.9 Å². The summed E-state index contributed by atoms with van der Waals surface area (Å²) in [6, 6.07) is 0. The smallest absolute Gasteiger partial charge is 0.343 e. The Bertz CT molecular complexity index is 420. The van der Waals surface area contributed by atoms with Crippen LogP contribution < -0.4 is 0 Å². The van der Waals surface area contributed by atoms with Gasteiger partial charge in [0.05, 0.1) is 12.2 Å². The van der Waals surface area contributed by atoms with Gasteiger partial charge in [-0.05, 0) is 61.7 Å². The first-order chi connectivity index (χ1) is 10.8. The van der Waals surface area contributed by atoms with Crippen molar-refractivity contribution in [3.05, 3.63) is 0 Å². The van der Waals surface area contributed by atoms with E-state index in [1.807, 2.05) is 6.92 Å². The molecule has 134 valence electrons. The van der Waals surface area contributed by atoms with Gasteiger partial charge in [0.25, 0.3) is 0 Å². The van der Waals surface area contributed by atoms with Crippen molar-refractivity contribution in [2.75, 3.05) is 13.2 Å². The molecule has 2 unspecified atom stereocenters. The standard InChI is InChI=1S/C15H24F2O5S/c1-2-14(18)11-3-10-4-12(14)7-13(5-10,6-11)8-20-9-15(16,17)23-22-21-19/h10-12,18-19H,2-9H2,1H3. The molecule has 0 aromatic carbocycles. The number of rotatable bonds is 8. The Morgan fingerprint density at radius 3 is 2.43 bits per heavy atom. The van der Waals surface area contributed by atoms with Crippen molar-refractivity contribution >= 4 is 12.0 Å². The molecule has 0 amide bonds. The predicted molar refractivity (Wildman–Crippen MR) is 79.4 cm³/mol. The van der Waals surface area contributed by atoms with Crippen LogP contribution in [0.5, 0.6) is 0 Å². The first-order valence-electron chi connectivity index (χ1n) is 8.16. The molecule has 2 N–H and O–H groups in total. The second-order valence-corrected chi connectivity index (χ2v) is 8.44. The molecular formula is C15H24F2O5S. The first kappa shape index (κ1) is 17.8. The zero-order valence-electron chi connectivity index (χ0n) is 13.2. The highest BCUT2D eigenvalue weighted by atomic mass is 32.2. The number of ether oxygens (including phenoxy) is 1. The highest BCUT2D eigenvalue weighted by Gasteiger charge is 2.60. The van der Waals surface area contributed by atoms with Crippen LogP contribution in [0.3, 0.4) is 0 Å². The largest absolute Gasteiger partial charge is 0.389 e. The second kappa shape index (κ2) is 6.38. The fourth-order valence-corrected chi connectivity index (χ4v) is 5.73. The lowest BCUT2D eigenvalue weighted by molar-refractivity contribution is -0.433. The molecule has 0 spiro atoms. The van der Waals surface area contributed by atoms with Crippen LogP contribution in [0.2, 0.25) is 0 Å². The topological polar surface area (TPSA) is 68.2 Å². The Kier molecular flexibility index (Phi) is 4.95. The summed E-state index contributed by atoms with van der Waals surface area (Å²) >= 11 is -0.271. The number of hydrogen-bond donors (Lipinski definition) is 2. The zero-order chi connectivity index (χ0) is 16.7. The highest BCUT2D eigenvalue weighted by molar-refractivity contribution is 7.95. The van der Waals surface area contributed by atoms with E-state index in [2.05, 4.69) is 9.37 Å². The number of aliphatic hydroxyl groups is 1. The maximum Gasteiger partial charge on any atom is 0.343 e. The van der Waals surface area contributed by atoms with Crippen molar-refractivity contribution in [3.8, 4) is 0 Å². The Labute approximate surface area is 138 Å². The van der Waals surface area contributed by atoms with Gasteiger partial charge in [0, 0.05) is 0 Å². The van der Waals surface area contributed by atoms with E-state index in [0.717, 1.165) is 38.5 Å². The van der Waals surface area contributed by atoms with Gasteiger partial charge in [-0.25, -0.2) is 5.26 Å². The highest BCUT2D eigenvalue weighted by Crippen LogP contribution is 2.64. The zero-order valence-corrected chi connectivity index (χ0v) is 14.0. The van der Waals surface area contributed by atoms with Gasteiger partial charge in [0.2, 0.25) is 0 Å². The molecular weight excluding hydrogens is 330 g/mol. The van der Waals surface area contributed by atoms with Gasteiger partial charge in [0.1, 0.15) is 18.6 Å². The lowest BCUT2D eigenvalue weighted by Gasteiger charge is -2.63. The van der Waals surface area contributed by atoms with Gasteiger partial charge >= 0.3 is 5.25 Å². The molecule has 4 aliphatic carbocycles. The first-order valence-corrected chi connectivity index (χ1v) is 8.90. The summed E-state index contributed by atoms with van der Waals surface area (Å²) in [4.78, 5) is 0. The molecule has 0 aliphatic heterocycles. The molecule has 0 saturated heterocycles. The summed E-state index contributed by atoms with van der Waals surface area (Å²) in [6.07, 6.45) is 5.60. The van der Waals surface area contributed by atoms with Crippen LogP contribution >= 0.6 is 12.0 Å². The van der Waals surface area contributed by atoms with Crippen molar-refractivity contribution in [1.82, 2.24) is 0 Å². The number of halogens is 2. The van der Waals surface area contributed by atoms with E-state index in [9.17, 15) is 13.9 Å². The van der Waals surface area contributed by atoms with Crippen LogP contribution in [0.4, 0.5) is 8.78 Å². The predicted octanol–water partition coefficient (Wildman–Crippen LogP) is 3.63. The SMILES string of the molecule is CCC1(O)C2CC3CC1CC(COCC(F)(F)SOOO)(C3)C2. The maximum atomic E-state index is 13.4. The molecule has 0 radical (unpaired) electrons. The summed E-state index contributed by atoms with van der Waals surface area (Å²) in [7, 11) is 0. The molecule has 0 heterocycles. The third kappa shape index (κ3) is 3.39. The van der Waals surface area contributed by atoms with Gasteiger partial charge in [-0.15, -0.1) is 4.33 Å². The van der Waals surface area contributed by atoms with Crippen LogP contribution in [0.15, 0.2) is 0 Å². The van der Waals surface area contributed by atoms with Crippen molar-refractivity contribution in [2.45, 2.75) is 56.3 Å². The molecule has 5 nitrogen and oxygen atoms in total. The molecule has 8 heteroatoms. The van der Waals surface area contributed by atoms with E-state index < -0.39 is 17.5 Å². The molecule has 23 heavy (non-hydrogen) atoms. The van der Waals surface area contributed by atoms with Crippen molar-refractivity contribution in [3.63, 3.8) is 0 Å². The van der Waals surface area contributed by atoms with Crippen molar-refractivity contribution < 1.29 is 33.3 Å². The average Bonchev–Trinajstić information content (AvgIpc) is 2.49. The molecule has 4 saturated carbocycles. The Morgan fingerprint density at radius 1 is 1.22 bits per heavy atom. The normalized spacial score (nSPS) is 42.4. The third-order valence-electron chi connectivity index (χ3n) is 6.16. The summed E-state index contributed by atoms with van der Waals surface area (Å²) in [6.45, 7) is 1.53. The fourth-order valence-electron chi connectivity index (χ4n) is 5.47. The van der Waals surface area contributed by atoms with Crippen LogP contribution in [-0.2, 0) is 14.1 Å². The van der Waals surface area contributed by atoms with Gasteiger partial charge in [-0.3, -0.25) is 0 Å². The number of hydrogen-bond acceptors (Lipinski definition) is 6. The van der Waals surface area contributed by atoms with Gasteiger partial charge in [-0.2, -0.15) is 8.78 Å². The molecule has 4 rings (SSSR count). The molecule has 4 fully saturated rings. The monoisotopic (exact) mass is 354 g/mol. The third-order valence-corrected chi connectivity index (χ3v) is 6.65. The second-order valence-electron chi connectivity index (χ2n) is 7.54. The van der Waals surface area contributed by atoms with Gasteiger partial charge < -0.3 is 9.84 Å². The molecule has 0 aromatic rings. The van der Waals surface area contributed by atoms with E-state index in [1.54, 1.807) is 0 Å². The van der Waals surface area contributed by atoms with E-state index >= 15 is 0 Å². The molecule has 2 atom stereocenters. The van der Waals surface area contributed by atoms with Crippen molar-refractivity contribution in [2.24, 2.45) is 23.2 Å². The minimum atomic E-state index is -3.28. The van der Waals surface area contributed by atoms with Crippen LogP contribution in [0, 0.1) is 23.2 Å². The Balaban J connectivity index is 1.57. The summed E-state index contributed by atoms with van der Waals surface area (Å²) in [5.74, 6) is 1.12. The van der Waals surface area contributed by atoms with Gasteiger partial charge in [-0.1, -0.05) is 12.0 Å². The fraction of sp³-hybridized carbons (Fsp3) is 1.00. The molecule has 4 aliphatic rings. The lowest BCUT2D eigenvalue weighted by atomic mass is 9.44. The lowest BCUT2D eigenvalue weighted by Crippen LogP contribution is -2.61. The Morgan fingerprint density at radius 2 is 1.87 bits per heavy atom. The van der Waals surface area contributed by atoms with Crippen molar-refractivity contribution in [1.29, 1.82) is 0 Å². The van der Waals surface area contributed by atoms with E-state index in [4.69, 9.17) is 9.99 Å². The van der Waals surface area contributed by atoms with E-state index in [0.29, 0.717) is 5.92 Å². The molecule has 0 aromatic heterocycles. The average molecular weight is 354 g/mol. The summed E-state index contributed by atoms with van der Waals surface area (Å²) < 4.78 is 36.0. The van der Waals surface area contributed by atoms with Crippen LogP contribution in [0.25, 0.3) is 0 Å². The number of alkyl halides is 2. The van der Waals surface area contributed by atoms with Gasteiger partial charge in [0.15, 0.2) is 0 Å². The minimum absolute atomic E-state index is 0.0764. The Hall–Kier alpha value is 0.01000.